The summed E-state index contributed by atoms with van der Waals surface area (Å²) in [6.07, 6.45) is 2.85. The number of anilines is 1. The van der Waals surface area contributed by atoms with E-state index in [0.717, 1.165) is 0 Å². The average molecular weight is 435 g/mol. The monoisotopic (exact) mass is 435 g/mol. The van der Waals surface area contributed by atoms with E-state index in [2.05, 4.69) is 4.74 Å². The van der Waals surface area contributed by atoms with Crippen LogP contribution in [0.1, 0.15) is 12.0 Å². The Hall–Kier alpha value is -3.04. The summed E-state index contributed by atoms with van der Waals surface area (Å²) in [4.78, 5) is 11.3. The molecule has 1 N–H and O–H groups in total. The Kier molecular flexibility index (Phi) is 8.25. The molecule has 0 aromatic heterocycles. The minimum absolute atomic E-state index is 0.0395. The van der Waals surface area contributed by atoms with Crippen LogP contribution in [0.2, 0.25) is 0 Å². The van der Waals surface area contributed by atoms with Gasteiger partial charge in [0, 0.05) is 19.2 Å². The number of carbonyl (C=O) groups is 1. The number of esters is 1. The minimum Gasteiger partial charge on any atom is -0.493 e. The Bertz CT molecular complexity index is 988. The number of benzene rings is 2. The third-order valence-corrected chi connectivity index (χ3v) is 6.04. The first-order valence-corrected chi connectivity index (χ1v) is 10.5. The molecule has 9 heteroatoms. The van der Waals surface area contributed by atoms with E-state index in [4.69, 9.17) is 9.47 Å². The number of para-hydroxylation sites is 1. The van der Waals surface area contributed by atoms with Crippen LogP contribution in [0.5, 0.6) is 11.5 Å². The van der Waals surface area contributed by atoms with Crippen molar-refractivity contribution in [3.8, 4) is 11.5 Å². The molecule has 0 aliphatic heterocycles. The van der Waals surface area contributed by atoms with Crippen molar-refractivity contribution in [3.63, 3.8) is 0 Å². The Labute approximate surface area is 176 Å². The number of aliphatic hydroxyl groups is 1. The fourth-order valence-corrected chi connectivity index (χ4v) is 4.49. The largest absolute Gasteiger partial charge is 0.493 e. The van der Waals surface area contributed by atoms with Gasteiger partial charge in [-0.2, -0.15) is 0 Å². The summed E-state index contributed by atoms with van der Waals surface area (Å²) in [6, 6.07) is 11.5. The summed E-state index contributed by atoms with van der Waals surface area (Å²) in [5.41, 5.74) is 0.856. The van der Waals surface area contributed by atoms with Gasteiger partial charge in [0.25, 0.3) is 10.0 Å². The van der Waals surface area contributed by atoms with E-state index in [1.165, 1.54) is 43.9 Å². The Morgan fingerprint density at radius 1 is 1.10 bits per heavy atom. The Morgan fingerprint density at radius 2 is 1.80 bits per heavy atom. The third-order valence-electron chi connectivity index (χ3n) is 4.21. The number of hydrogen-bond acceptors (Lipinski definition) is 7. The lowest BCUT2D eigenvalue weighted by atomic mass is 10.2. The van der Waals surface area contributed by atoms with Crippen LogP contribution in [0.15, 0.2) is 53.4 Å². The smallest absolute Gasteiger partial charge is 0.330 e. The average Bonchev–Trinajstić information content (AvgIpc) is 2.77. The molecule has 30 heavy (non-hydrogen) atoms. The summed E-state index contributed by atoms with van der Waals surface area (Å²) < 4.78 is 43.7. The van der Waals surface area contributed by atoms with Crippen molar-refractivity contribution < 1.29 is 32.5 Å². The van der Waals surface area contributed by atoms with Crippen LogP contribution in [-0.2, 0) is 19.6 Å². The molecule has 0 fully saturated rings. The van der Waals surface area contributed by atoms with E-state index in [0.29, 0.717) is 11.3 Å². The maximum atomic E-state index is 13.6. The molecule has 0 heterocycles. The molecular weight excluding hydrogens is 410 g/mol. The van der Waals surface area contributed by atoms with Crippen molar-refractivity contribution in [2.75, 3.05) is 38.8 Å². The fraction of sp³-hybridized carbons (Fsp3) is 0.286. The minimum atomic E-state index is -4.10. The van der Waals surface area contributed by atoms with Crippen LogP contribution in [0.4, 0.5) is 5.69 Å². The van der Waals surface area contributed by atoms with Crippen molar-refractivity contribution in [3.05, 3.63) is 54.1 Å². The maximum absolute atomic E-state index is 13.6. The van der Waals surface area contributed by atoms with Crippen molar-refractivity contribution >= 4 is 27.8 Å². The van der Waals surface area contributed by atoms with Crippen molar-refractivity contribution in [1.82, 2.24) is 0 Å². The SMILES string of the molecule is COC(=O)C=Cc1cc(OC)c(OC)c(S(=O)(=O)N(CCCO)c2ccccc2)c1. The van der Waals surface area contributed by atoms with E-state index in [1.807, 2.05) is 0 Å². The second-order valence-corrected chi connectivity index (χ2v) is 7.93. The van der Waals surface area contributed by atoms with Crippen LogP contribution in [-0.4, -0.2) is 54.0 Å². The van der Waals surface area contributed by atoms with Crippen LogP contribution >= 0.6 is 0 Å². The first-order chi connectivity index (χ1) is 14.4. The number of methoxy groups -OCH3 is 3. The molecule has 0 aliphatic rings. The van der Waals surface area contributed by atoms with Crippen molar-refractivity contribution in [1.29, 1.82) is 0 Å². The van der Waals surface area contributed by atoms with Crippen molar-refractivity contribution in [2.45, 2.75) is 11.3 Å². The molecule has 0 spiro atoms. The van der Waals surface area contributed by atoms with Gasteiger partial charge < -0.3 is 19.3 Å². The maximum Gasteiger partial charge on any atom is 0.330 e. The Morgan fingerprint density at radius 3 is 2.37 bits per heavy atom. The summed E-state index contributed by atoms with van der Waals surface area (Å²) in [7, 11) is -0.115. The topological polar surface area (TPSA) is 102 Å². The summed E-state index contributed by atoms with van der Waals surface area (Å²) in [6.45, 7) is -0.0994. The normalized spacial score (nSPS) is 11.3. The highest BCUT2D eigenvalue weighted by molar-refractivity contribution is 7.93. The van der Waals surface area contributed by atoms with Gasteiger partial charge in [-0.15, -0.1) is 0 Å². The van der Waals surface area contributed by atoms with Crippen LogP contribution in [0, 0.1) is 0 Å². The molecule has 8 nitrogen and oxygen atoms in total. The number of nitrogens with zero attached hydrogens (tertiary/aromatic N) is 1. The molecule has 0 amide bonds. The molecule has 0 bridgehead atoms. The highest BCUT2D eigenvalue weighted by Gasteiger charge is 2.30. The zero-order valence-corrected chi connectivity index (χ0v) is 17.9. The fourth-order valence-electron chi connectivity index (χ4n) is 2.79. The quantitative estimate of drug-likeness (QED) is 0.452. The van der Waals surface area contributed by atoms with Gasteiger partial charge in [-0.1, -0.05) is 18.2 Å². The van der Waals surface area contributed by atoms with Gasteiger partial charge in [-0.05, 0) is 42.3 Å². The predicted octanol–water partition coefficient (Wildman–Crippen LogP) is 2.47. The van der Waals surface area contributed by atoms with Gasteiger partial charge in [0.15, 0.2) is 11.5 Å². The van der Waals surface area contributed by atoms with E-state index in [1.54, 1.807) is 36.4 Å². The number of aliphatic hydroxyl groups excluding tert-OH is 1. The van der Waals surface area contributed by atoms with E-state index in [9.17, 15) is 18.3 Å². The lowest BCUT2D eigenvalue weighted by molar-refractivity contribution is -0.134. The molecule has 162 valence electrons. The van der Waals surface area contributed by atoms with Crippen LogP contribution in [0.25, 0.3) is 6.08 Å². The molecule has 2 rings (SSSR count). The van der Waals surface area contributed by atoms with Gasteiger partial charge in [0.05, 0.1) is 27.0 Å². The first kappa shape index (κ1) is 23.2. The molecule has 2 aromatic rings. The van der Waals surface area contributed by atoms with E-state index < -0.39 is 16.0 Å². The van der Waals surface area contributed by atoms with Gasteiger partial charge in [-0.25, -0.2) is 13.2 Å². The second-order valence-electron chi connectivity index (χ2n) is 6.10. The third kappa shape index (κ3) is 5.31. The van der Waals surface area contributed by atoms with Crippen LogP contribution < -0.4 is 13.8 Å². The van der Waals surface area contributed by atoms with E-state index in [-0.39, 0.29) is 36.0 Å². The molecule has 0 saturated carbocycles. The summed E-state index contributed by atoms with van der Waals surface area (Å²) >= 11 is 0. The van der Waals surface area contributed by atoms with Gasteiger partial charge in [0.2, 0.25) is 0 Å². The Balaban J connectivity index is 2.67. The summed E-state index contributed by atoms with van der Waals surface area (Å²) in [5, 5.41) is 9.25. The molecule has 0 radical (unpaired) electrons. The molecule has 0 aliphatic carbocycles. The standard InChI is InChI=1S/C21H25NO7S/c1-27-18-14-16(10-11-20(24)28-2)15-19(21(18)29-3)30(25,26)22(12-7-13-23)17-8-5-4-6-9-17/h4-6,8-11,14-15,23H,7,12-13H2,1-3H3. The molecular formula is C21H25NO7S. The number of ether oxygens (including phenoxy) is 3. The number of hydrogen-bond donors (Lipinski definition) is 1. The predicted molar refractivity (Wildman–Crippen MR) is 113 cm³/mol. The highest BCUT2D eigenvalue weighted by atomic mass is 32.2. The number of rotatable bonds is 10. The van der Waals surface area contributed by atoms with E-state index >= 15 is 0 Å². The lowest BCUT2D eigenvalue weighted by Crippen LogP contribution is -2.32. The molecule has 0 saturated heterocycles. The summed E-state index contributed by atoms with van der Waals surface area (Å²) in [5.74, 6) is -0.348. The first-order valence-electron chi connectivity index (χ1n) is 9.09. The second kappa shape index (κ2) is 10.7. The zero-order valence-electron chi connectivity index (χ0n) is 17.1. The highest BCUT2D eigenvalue weighted by Crippen LogP contribution is 2.38. The zero-order chi connectivity index (χ0) is 22.1. The molecule has 2 aromatic carbocycles. The van der Waals surface area contributed by atoms with Gasteiger partial charge >= 0.3 is 5.97 Å². The van der Waals surface area contributed by atoms with Gasteiger partial charge in [0.1, 0.15) is 4.90 Å². The molecule has 0 unspecified atom stereocenters. The number of sulfonamides is 1. The lowest BCUT2D eigenvalue weighted by Gasteiger charge is -2.26. The van der Waals surface area contributed by atoms with Crippen LogP contribution in [0.3, 0.4) is 0 Å². The number of carbonyl (C=O) groups excluding carboxylic acids is 1. The van der Waals surface area contributed by atoms with Gasteiger partial charge in [-0.3, -0.25) is 4.31 Å². The molecule has 0 atom stereocenters. The van der Waals surface area contributed by atoms with Crippen molar-refractivity contribution in [2.24, 2.45) is 0 Å².